The van der Waals surface area contributed by atoms with E-state index in [1.807, 2.05) is 66.4 Å². The first kappa shape index (κ1) is 19.5. The van der Waals surface area contributed by atoms with Crippen molar-refractivity contribution in [2.75, 3.05) is 11.4 Å². The van der Waals surface area contributed by atoms with Gasteiger partial charge < -0.3 is 14.6 Å². The summed E-state index contributed by atoms with van der Waals surface area (Å²) in [6, 6.07) is 17.2. The predicted octanol–water partition coefficient (Wildman–Crippen LogP) is 4.84. The molecule has 1 atom stereocenters. The van der Waals surface area contributed by atoms with E-state index >= 15 is 0 Å². The van der Waals surface area contributed by atoms with Crippen LogP contribution in [0.1, 0.15) is 66.4 Å². The highest BCUT2D eigenvalue weighted by Gasteiger charge is 2.34. The van der Waals surface area contributed by atoms with Crippen LogP contribution < -0.4 is 10.2 Å². The van der Waals surface area contributed by atoms with Crippen LogP contribution in [0.2, 0.25) is 0 Å². The maximum Gasteiger partial charge on any atom is 0.274 e. The highest BCUT2D eigenvalue weighted by atomic mass is 16.4. The third-order valence-electron chi connectivity index (χ3n) is 5.94. The average Bonchev–Trinajstić information content (AvgIpc) is 3.39. The molecular formula is C25H25N3O3. The summed E-state index contributed by atoms with van der Waals surface area (Å²) in [6.07, 6.45) is 3.52. The molecule has 1 saturated carbocycles. The van der Waals surface area contributed by atoms with E-state index < -0.39 is 0 Å². The highest BCUT2D eigenvalue weighted by molar-refractivity contribution is 5.96. The van der Waals surface area contributed by atoms with Crippen molar-refractivity contribution in [3.8, 4) is 11.5 Å². The van der Waals surface area contributed by atoms with Gasteiger partial charge >= 0.3 is 0 Å². The minimum Gasteiger partial charge on any atom is -0.440 e. The van der Waals surface area contributed by atoms with Crippen molar-refractivity contribution in [2.24, 2.45) is 0 Å². The fourth-order valence-corrected chi connectivity index (χ4v) is 4.05. The number of carbonyl (C=O) groups excluding carboxylic acids is 2. The third-order valence-corrected chi connectivity index (χ3v) is 5.94. The molecule has 0 radical (unpaired) electrons. The topological polar surface area (TPSA) is 75.4 Å². The summed E-state index contributed by atoms with van der Waals surface area (Å²) >= 11 is 0. The van der Waals surface area contributed by atoms with Crippen LogP contribution in [0.4, 0.5) is 5.69 Å². The molecule has 31 heavy (non-hydrogen) atoms. The lowest BCUT2D eigenvalue weighted by Gasteiger charge is -2.19. The van der Waals surface area contributed by atoms with E-state index in [0.717, 1.165) is 42.6 Å². The Morgan fingerprint density at radius 1 is 1.16 bits per heavy atom. The van der Waals surface area contributed by atoms with Gasteiger partial charge in [0.25, 0.3) is 5.91 Å². The summed E-state index contributed by atoms with van der Waals surface area (Å²) in [4.78, 5) is 31.6. The lowest BCUT2D eigenvalue weighted by atomic mass is 10.1. The normalized spacial score (nSPS) is 17.1. The first-order valence-electron chi connectivity index (χ1n) is 10.9. The van der Waals surface area contributed by atoms with Gasteiger partial charge in [-0.15, -0.1) is 0 Å². The summed E-state index contributed by atoms with van der Waals surface area (Å²) in [5, 5.41) is 3.06. The monoisotopic (exact) mass is 415 g/mol. The molecule has 6 nitrogen and oxygen atoms in total. The molecule has 1 aliphatic carbocycles. The number of nitrogens with one attached hydrogen (secondary N) is 1. The van der Waals surface area contributed by atoms with E-state index in [-0.39, 0.29) is 23.8 Å². The van der Waals surface area contributed by atoms with Gasteiger partial charge in [-0.1, -0.05) is 30.3 Å². The lowest BCUT2D eigenvalue weighted by molar-refractivity contribution is -0.117. The Morgan fingerprint density at radius 2 is 1.97 bits per heavy atom. The highest BCUT2D eigenvalue weighted by Crippen LogP contribution is 2.43. The number of nitrogens with zero attached hydrogens (tertiary/aromatic N) is 2. The molecule has 1 aliphatic heterocycles. The Bertz CT molecular complexity index is 1120. The second kappa shape index (κ2) is 8.02. The number of oxazole rings is 1. The summed E-state index contributed by atoms with van der Waals surface area (Å²) in [6.45, 7) is 2.69. The number of hydrogen-bond acceptors (Lipinski definition) is 4. The minimum absolute atomic E-state index is 0.152. The Balaban J connectivity index is 1.37. The molecule has 2 heterocycles. The molecule has 3 aromatic rings. The van der Waals surface area contributed by atoms with E-state index in [4.69, 9.17) is 4.42 Å². The molecule has 0 spiro atoms. The molecule has 2 amide bonds. The number of benzene rings is 2. The Kier molecular flexibility index (Phi) is 5.06. The standard InChI is InChI=1S/C25H25N3O3/c1-16(19-9-5-10-20(15-19)28-14-6-11-21(28)29)26-24(30)22-23(17-12-13-17)31-25(27-22)18-7-3-2-4-8-18/h2-5,7-10,15-17H,6,11-14H2,1H3,(H,26,30). The van der Waals surface area contributed by atoms with Gasteiger partial charge in [-0.05, 0) is 56.0 Å². The van der Waals surface area contributed by atoms with E-state index in [1.165, 1.54) is 0 Å². The second-order valence-corrected chi connectivity index (χ2v) is 8.31. The Hall–Kier alpha value is -3.41. The summed E-state index contributed by atoms with van der Waals surface area (Å²) < 4.78 is 6.02. The molecule has 6 heteroatoms. The van der Waals surface area contributed by atoms with Gasteiger partial charge in [0.2, 0.25) is 11.8 Å². The van der Waals surface area contributed by atoms with Gasteiger partial charge in [-0.25, -0.2) is 4.98 Å². The van der Waals surface area contributed by atoms with Crippen molar-refractivity contribution < 1.29 is 14.0 Å². The van der Waals surface area contributed by atoms with E-state index in [1.54, 1.807) is 0 Å². The first-order chi connectivity index (χ1) is 15.1. The lowest BCUT2D eigenvalue weighted by Crippen LogP contribution is -2.28. The van der Waals surface area contributed by atoms with Gasteiger partial charge in [0, 0.05) is 30.1 Å². The van der Waals surface area contributed by atoms with E-state index in [0.29, 0.717) is 23.8 Å². The number of anilines is 1. The van der Waals surface area contributed by atoms with Crippen molar-refractivity contribution in [2.45, 2.75) is 44.6 Å². The van der Waals surface area contributed by atoms with Crippen LogP contribution in [-0.2, 0) is 4.79 Å². The van der Waals surface area contributed by atoms with Crippen molar-refractivity contribution in [1.29, 1.82) is 0 Å². The molecule has 1 saturated heterocycles. The van der Waals surface area contributed by atoms with Gasteiger partial charge in [0.1, 0.15) is 5.76 Å². The summed E-state index contributed by atoms with van der Waals surface area (Å²) in [5.41, 5.74) is 3.07. The maximum atomic E-state index is 13.1. The number of carbonyl (C=O) groups is 2. The largest absolute Gasteiger partial charge is 0.440 e. The predicted molar refractivity (Wildman–Crippen MR) is 118 cm³/mol. The Labute approximate surface area is 181 Å². The fraction of sp³-hybridized carbons (Fsp3) is 0.320. The van der Waals surface area contributed by atoms with Crippen molar-refractivity contribution in [3.05, 3.63) is 71.6 Å². The van der Waals surface area contributed by atoms with E-state index in [9.17, 15) is 9.59 Å². The molecule has 2 aromatic carbocycles. The quantitative estimate of drug-likeness (QED) is 0.625. The zero-order valence-corrected chi connectivity index (χ0v) is 17.5. The SMILES string of the molecule is CC(NC(=O)c1nc(-c2ccccc2)oc1C1CC1)c1cccc(N2CCCC2=O)c1. The smallest absolute Gasteiger partial charge is 0.274 e. The third kappa shape index (κ3) is 3.98. The molecule has 1 unspecified atom stereocenters. The molecule has 0 bridgehead atoms. The number of rotatable bonds is 6. The summed E-state index contributed by atoms with van der Waals surface area (Å²) in [7, 11) is 0. The molecular weight excluding hydrogens is 390 g/mol. The van der Waals surface area contributed by atoms with Crippen molar-refractivity contribution in [3.63, 3.8) is 0 Å². The minimum atomic E-state index is -0.233. The van der Waals surface area contributed by atoms with Crippen LogP contribution in [0.3, 0.4) is 0 Å². The fourth-order valence-electron chi connectivity index (χ4n) is 4.05. The van der Waals surface area contributed by atoms with Gasteiger partial charge in [-0.3, -0.25) is 9.59 Å². The maximum absolute atomic E-state index is 13.1. The van der Waals surface area contributed by atoms with Crippen LogP contribution in [0, 0.1) is 0 Å². The zero-order chi connectivity index (χ0) is 21.4. The van der Waals surface area contributed by atoms with Crippen LogP contribution in [-0.4, -0.2) is 23.3 Å². The Morgan fingerprint density at radius 3 is 2.68 bits per heavy atom. The second-order valence-electron chi connectivity index (χ2n) is 8.31. The zero-order valence-electron chi connectivity index (χ0n) is 17.5. The molecule has 158 valence electrons. The molecule has 5 rings (SSSR count). The first-order valence-corrected chi connectivity index (χ1v) is 10.9. The van der Waals surface area contributed by atoms with Crippen molar-refractivity contribution >= 4 is 17.5 Å². The average molecular weight is 415 g/mol. The van der Waals surface area contributed by atoms with Gasteiger partial charge in [-0.2, -0.15) is 0 Å². The van der Waals surface area contributed by atoms with Crippen LogP contribution in [0.25, 0.3) is 11.5 Å². The molecule has 1 N–H and O–H groups in total. The van der Waals surface area contributed by atoms with Gasteiger partial charge in [0.15, 0.2) is 5.69 Å². The molecule has 2 fully saturated rings. The van der Waals surface area contributed by atoms with Crippen molar-refractivity contribution in [1.82, 2.24) is 10.3 Å². The number of amides is 2. The molecule has 1 aromatic heterocycles. The van der Waals surface area contributed by atoms with E-state index in [2.05, 4.69) is 10.3 Å². The van der Waals surface area contributed by atoms with Crippen LogP contribution in [0.15, 0.2) is 59.0 Å². The van der Waals surface area contributed by atoms with Crippen LogP contribution >= 0.6 is 0 Å². The number of aromatic nitrogens is 1. The van der Waals surface area contributed by atoms with Gasteiger partial charge in [0.05, 0.1) is 6.04 Å². The van der Waals surface area contributed by atoms with Crippen LogP contribution in [0.5, 0.6) is 0 Å². The molecule has 2 aliphatic rings. The number of hydrogen-bond donors (Lipinski definition) is 1. The summed E-state index contributed by atoms with van der Waals surface area (Å²) in [5.74, 6) is 1.35.